The van der Waals surface area contributed by atoms with Crippen LogP contribution in [0.1, 0.15) is 37.1 Å². The summed E-state index contributed by atoms with van der Waals surface area (Å²) >= 11 is 3.62. The van der Waals surface area contributed by atoms with Crippen LogP contribution in [0.2, 0.25) is 0 Å². The monoisotopic (exact) mass is 440 g/mol. The first kappa shape index (κ1) is 18.9. The second kappa shape index (κ2) is 8.31. The lowest BCUT2D eigenvalue weighted by Crippen LogP contribution is -2.44. The van der Waals surface area contributed by atoms with Crippen molar-refractivity contribution in [3.8, 4) is 0 Å². The number of nitrogens with one attached hydrogen (secondary N) is 2. The van der Waals surface area contributed by atoms with Crippen LogP contribution in [0.3, 0.4) is 0 Å². The van der Waals surface area contributed by atoms with E-state index in [1.165, 1.54) is 31.2 Å². The second-order valence-corrected chi connectivity index (χ2v) is 8.24. The molecule has 1 saturated carbocycles. The van der Waals surface area contributed by atoms with Crippen LogP contribution < -0.4 is 10.6 Å². The molecule has 1 aromatic carbocycles. The molecule has 0 spiro atoms. The summed E-state index contributed by atoms with van der Waals surface area (Å²) in [5, 5.41) is 15.4. The standard InChI is InChI=1S/C21H25BrN6/c1-23-20(24-14-19-27-26-18-9-2-5-12-28(18)19)25-15-21(10-3-4-11-21)16-7-6-8-17(22)13-16/h2,5-9,12-13H,3-4,10-11,14-15H2,1H3,(H2,23,24,25). The van der Waals surface area contributed by atoms with Crippen molar-refractivity contribution in [3.05, 3.63) is 64.5 Å². The molecule has 1 aliphatic rings. The number of aromatic nitrogens is 3. The predicted molar refractivity (Wildman–Crippen MR) is 115 cm³/mol. The van der Waals surface area contributed by atoms with E-state index in [4.69, 9.17) is 0 Å². The van der Waals surface area contributed by atoms with E-state index in [2.05, 4.69) is 66.0 Å². The molecule has 4 rings (SSSR count). The Labute approximate surface area is 173 Å². The van der Waals surface area contributed by atoms with Crippen molar-refractivity contribution in [1.29, 1.82) is 0 Å². The van der Waals surface area contributed by atoms with Crippen LogP contribution in [-0.4, -0.2) is 34.2 Å². The van der Waals surface area contributed by atoms with Gasteiger partial charge in [0, 0.05) is 29.7 Å². The van der Waals surface area contributed by atoms with Gasteiger partial charge in [0.05, 0.1) is 6.54 Å². The van der Waals surface area contributed by atoms with Crippen LogP contribution in [0.4, 0.5) is 0 Å². The van der Waals surface area contributed by atoms with Gasteiger partial charge in [0.2, 0.25) is 0 Å². The van der Waals surface area contributed by atoms with Crippen molar-refractivity contribution >= 4 is 27.5 Å². The molecule has 0 saturated heterocycles. The number of aliphatic imine (C=N–C) groups is 1. The highest BCUT2D eigenvalue weighted by Crippen LogP contribution is 2.41. The first-order valence-corrected chi connectivity index (χ1v) is 10.5. The number of hydrogen-bond acceptors (Lipinski definition) is 3. The summed E-state index contributed by atoms with van der Waals surface area (Å²) in [5.74, 6) is 1.65. The van der Waals surface area contributed by atoms with Crippen molar-refractivity contribution in [2.75, 3.05) is 13.6 Å². The van der Waals surface area contributed by atoms with Crippen LogP contribution in [-0.2, 0) is 12.0 Å². The van der Waals surface area contributed by atoms with E-state index in [0.717, 1.165) is 28.4 Å². The zero-order valence-corrected chi connectivity index (χ0v) is 17.6. The average Bonchev–Trinajstić information content (AvgIpc) is 3.36. The van der Waals surface area contributed by atoms with Gasteiger partial charge in [-0.1, -0.05) is 47.0 Å². The SMILES string of the molecule is CN=C(NCc1nnc2ccccn12)NCC1(c2cccc(Br)c2)CCCC1. The summed E-state index contributed by atoms with van der Waals surface area (Å²) in [6, 6.07) is 14.6. The second-order valence-electron chi connectivity index (χ2n) is 7.32. The predicted octanol–water partition coefficient (Wildman–Crippen LogP) is 3.67. The van der Waals surface area contributed by atoms with Crippen LogP contribution in [0.5, 0.6) is 0 Å². The average molecular weight is 441 g/mol. The molecule has 146 valence electrons. The number of nitrogens with zero attached hydrogens (tertiary/aromatic N) is 4. The molecule has 6 nitrogen and oxygen atoms in total. The largest absolute Gasteiger partial charge is 0.356 e. The Morgan fingerprint density at radius 3 is 2.79 bits per heavy atom. The normalized spacial score (nSPS) is 16.4. The van der Waals surface area contributed by atoms with Crippen LogP contribution in [0, 0.1) is 0 Å². The summed E-state index contributed by atoms with van der Waals surface area (Å²) in [6.45, 7) is 1.43. The van der Waals surface area contributed by atoms with Gasteiger partial charge in [0.15, 0.2) is 17.4 Å². The van der Waals surface area contributed by atoms with Crippen molar-refractivity contribution in [1.82, 2.24) is 25.2 Å². The minimum atomic E-state index is 0.156. The number of pyridine rings is 1. The Bertz CT molecular complexity index is 974. The van der Waals surface area contributed by atoms with Gasteiger partial charge in [0.25, 0.3) is 0 Å². The fourth-order valence-corrected chi connectivity index (χ4v) is 4.48. The molecule has 2 heterocycles. The molecular weight excluding hydrogens is 416 g/mol. The molecular formula is C21H25BrN6. The van der Waals surface area contributed by atoms with Gasteiger partial charge in [-0.25, -0.2) is 0 Å². The van der Waals surface area contributed by atoms with E-state index >= 15 is 0 Å². The van der Waals surface area contributed by atoms with Crippen LogP contribution in [0.25, 0.3) is 5.65 Å². The van der Waals surface area contributed by atoms with Gasteiger partial charge >= 0.3 is 0 Å². The smallest absolute Gasteiger partial charge is 0.191 e. The molecule has 2 N–H and O–H groups in total. The van der Waals surface area contributed by atoms with E-state index in [-0.39, 0.29) is 5.41 Å². The van der Waals surface area contributed by atoms with Crippen molar-refractivity contribution in [3.63, 3.8) is 0 Å². The number of rotatable bonds is 5. The number of hydrogen-bond donors (Lipinski definition) is 2. The lowest BCUT2D eigenvalue weighted by Gasteiger charge is -2.31. The number of benzene rings is 1. The first-order valence-electron chi connectivity index (χ1n) is 9.69. The minimum Gasteiger partial charge on any atom is -0.356 e. The molecule has 0 aliphatic heterocycles. The number of halogens is 1. The van der Waals surface area contributed by atoms with Gasteiger partial charge in [-0.2, -0.15) is 0 Å². The maximum atomic E-state index is 4.40. The number of fused-ring (bicyclic) bond motifs is 1. The Balaban J connectivity index is 1.43. The lowest BCUT2D eigenvalue weighted by atomic mass is 9.79. The summed E-state index contributed by atoms with van der Waals surface area (Å²) in [6.07, 6.45) is 6.91. The minimum absolute atomic E-state index is 0.156. The Morgan fingerprint density at radius 1 is 1.14 bits per heavy atom. The Kier molecular flexibility index (Phi) is 5.62. The lowest BCUT2D eigenvalue weighted by molar-refractivity contribution is 0.431. The van der Waals surface area contributed by atoms with Crippen LogP contribution >= 0.6 is 15.9 Å². The molecule has 1 fully saturated rings. The Morgan fingerprint density at radius 2 is 2.00 bits per heavy atom. The molecule has 28 heavy (non-hydrogen) atoms. The zero-order valence-electron chi connectivity index (χ0n) is 16.0. The van der Waals surface area contributed by atoms with Gasteiger partial charge < -0.3 is 10.6 Å². The number of guanidine groups is 1. The molecule has 2 aromatic heterocycles. The molecule has 0 atom stereocenters. The van der Waals surface area contributed by atoms with Crippen molar-refractivity contribution < 1.29 is 0 Å². The quantitative estimate of drug-likeness (QED) is 0.469. The topological polar surface area (TPSA) is 66.6 Å². The highest BCUT2D eigenvalue weighted by atomic mass is 79.9. The Hall–Kier alpha value is -2.41. The molecule has 7 heteroatoms. The highest BCUT2D eigenvalue weighted by Gasteiger charge is 2.35. The van der Waals surface area contributed by atoms with Gasteiger partial charge in [-0.05, 0) is 42.7 Å². The summed E-state index contributed by atoms with van der Waals surface area (Å²) in [4.78, 5) is 4.40. The van der Waals surface area contributed by atoms with Gasteiger partial charge in [0.1, 0.15) is 0 Å². The van der Waals surface area contributed by atoms with E-state index in [1.54, 1.807) is 7.05 Å². The fourth-order valence-electron chi connectivity index (χ4n) is 4.09. The van der Waals surface area contributed by atoms with E-state index in [1.807, 2.05) is 28.8 Å². The van der Waals surface area contributed by atoms with E-state index in [0.29, 0.717) is 6.54 Å². The summed E-state index contributed by atoms with van der Waals surface area (Å²) in [5.41, 5.74) is 2.40. The van der Waals surface area contributed by atoms with Gasteiger partial charge in [-0.15, -0.1) is 10.2 Å². The maximum absolute atomic E-state index is 4.40. The first-order chi connectivity index (χ1) is 13.7. The third-order valence-electron chi connectivity index (χ3n) is 5.61. The van der Waals surface area contributed by atoms with Gasteiger partial charge in [-0.3, -0.25) is 9.39 Å². The molecule has 3 aromatic rings. The van der Waals surface area contributed by atoms with Crippen molar-refractivity contribution in [2.24, 2.45) is 4.99 Å². The van der Waals surface area contributed by atoms with Crippen LogP contribution in [0.15, 0.2) is 58.1 Å². The molecule has 0 amide bonds. The summed E-state index contributed by atoms with van der Waals surface area (Å²) < 4.78 is 3.12. The van der Waals surface area contributed by atoms with E-state index < -0.39 is 0 Å². The molecule has 1 aliphatic carbocycles. The molecule has 0 unspecified atom stereocenters. The molecule has 0 bridgehead atoms. The van der Waals surface area contributed by atoms with Crippen molar-refractivity contribution in [2.45, 2.75) is 37.6 Å². The highest BCUT2D eigenvalue weighted by molar-refractivity contribution is 9.10. The maximum Gasteiger partial charge on any atom is 0.191 e. The zero-order chi connectivity index (χ0) is 19.4. The third kappa shape index (κ3) is 3.90. The third-order valence-corrected chi connectivity index (χ3v) is 6.11. The van der Waals surface area contributed by atoms with E-state index in [9.17, 15) is 0 Å². The molecule has 0 radical (unpaired) electrons. The summed E-state index contributed by atoms with van der Waals surface area (Å²) in [7, 11) is 1.80. The fraction of sp³-hybridized carbons (Fsp3) is 0.381.